The average Bonchev–Trinajstić information content (AvgIpc) is 2.91. The summed E-state index contributed by atoms with van der Waals surface area (Å²) in [5.41, 5.74) is 0.946. The van der Waals surface area contributed by atoms with Gasteiger partial charge in [0.2, 0.25) is 0 Å². The molecule has 1 N–H and O–H groups in total. The molecule has 0 atom stereocenters. The Morgan fingerprint density at radius 1 is 1.19 bits per heavy atom. The summed E-state index contributed by atoms with van der Waals surface area (Å²) in [4.78, 5) is 13.0. The van der Waals surface area contributed by atoms with Crippen molar-refractivity contribution in [3.8, 4) is 6.07 Å². The Morgan fingerprint density at radius 2 is 2.00 bits per heavy atom. The van der Waals surface area contributed by atoms with Gasteiger partial charge in [0.25, 0.3) is 5.91 Å². The fourth-order valence-electron chi connectivity index (χ4n) is 2.00. The lowest BCUT2D eigenvalue weighted by atomic mass is 10.2. The normalized spacial score (nSPS) is 10.3. The molecule has 0 bridgehead atoms. The smallest absolute Gasteiger partial charge is 0.265 e. The van der Waals surface area contributed by atoms with Crippen molar-refractivity contribution in [2.24, 2.45) is 0 Å². The summed E-state index contributed by atoms with van der Waals surface area (Å²) < 4.78 is 1.88. The molecule has 2 aromatic carbocycles. The van der Waals surface area contributed by atoms with Crippen molar-refractivity contribution in [3.05, 3.63) is 63.4 Å². The van der Waals surface area contributed by atoms with Gasteiger partial charge in [-0.05, 0) is 35.7 Å². The number of hydrogen-bond acceptors (Lipinski definition) is 3. The molecule has 0 unspecified atom stereocenters. The summed E-state index contributed by atoms with van der Waals surface area (Å²) >= 11 is 4.78. The fraction of sp³-hybridized carbons (Fsp3) is 0. The van der Waals surface area contributed by atoms with Crippen molar-refractivity contribution in [2.75, 3.05) is 5.32 Å². The van der Waals surface area contributed by atoms with Crippen molar-refractivity contribution in [1.29, 1.82) is 5.26 Å². The Labute approximate surface area is 134 Å². The number of thiophene rings is 1. The van der Waals surface area contributed by atoms with Gasteiger partial charge in [0.15, 0.2) is 0 Å². The Kier molecular flexibility index (Phi) is 3.74. The molecule has 0 spiro atoms. The van der Waals surface area contributed by atoms with E-state index in [0.717, 1.165) is 14.6 Å². The number of halogens is 1. The Balaban J connectivity index is 1.93. The van der Waals surface area contributed by atoms with Gasteiger partial charge in [-0.15, -0.1) is 11.3 Å². The number of hydrogen-bond donors (Lipinski definition) is 1. The third-order valence-electron chi connectivity index (χ3n) is 3.00. The number of carbonyl (C=O) groups is 1. The molecule has 0 aliphatic carbocycles. The van der Waals surface area contributed by atoms with Crippen LogP contribution >= 0.6 is 27.3 Å². The SMILES string of the molecule is N#Cc1ccc(Br)cc1NC(=O)c1cc2ccccc2s1. The van der Waals surface area contributed by atoms with Crippen LogP contribution in [-0.4, -0.2) is 5.91 Å². The van der Waals surface area contributed by atoms with Gasteiger partial charge in [-0.25, -0.2) is 0 Å². The highest BCUT2D eigenvalue weighted by atomic mass is 79.9. The van der Waals surface area contributed by atoms with Crippen LogP contribution in [0, 0.1) is 11.3 Å². The maximum absolute atomic E-state index is 12.3. The summed E-state index contributed by atoms with van der Waals surface area (Å²) in [5.74, 6) is -0.203. The van der Waals surface area contributed by atoms with Crippen LogP contribution in [0.4, 0.5) is 5.69 Å². The molecule has 1 heterocycles. The molecule has 102 valence electrons. The van der Waals surface area contributed by atoms with E-state index in [1.165, 1.54) is 11.3 Å². The maximum atomic E-state index is 12.3. The van der Waals surface area contributed by atoms with Gasteiger partial charge < -0.3 is 5.32 Å². The van der Waals surface area contributed by atoms with Crippen molar-refractivity contribution in [3.63, 3.8) is 0 Å². The minimum absolute atomic E-state index is 0.203. The van der Waals surface area contributed by atoms with E-state index in [-0.39, 0.29) is 5.91 Å². The zero-order valence-corrected chi connectivity index (χ0v) is 13.2. The van der Waals surface area contributed by atoms with Crippen LogP contribution in [-0.2, 0) is 0 Å². The molecule has 3 nitrogen and oxygen atoms in total. The molecule has 0 aliphatic heterocycles. The third kappa shape index (κ3) is 2.82. The van der Waals surface area contributed by atoms with E-state index in [2.05, 4.69) is 27.3 Å². The van der Waals surface area contributed by atoms with Gasteiger partial charge in [0.1, 0.15) is 6.07 Å². The highest BCUT2D eigenvalue weighted by Gasteiger charge is 2.12. The lowest BCUT2D eigenvalue weighted by Crippen LogP contribution is -2.11. The van der Waals surface area contributed by atoms with Crippen LogP contribution in [0.2, 0.25) is 0 Å². The number of rotatable bonds is 2. The van der Waals surface area contributed by atoms with E-state index in [1.807, 2.05) is 30.3 Å². The van der Waals surface area contributed by atoms with Gasteiger partial charge >= 0.3 is 0 Å². The average molecular weight is 357 g/mol. The van der Waals surface area contributed by atoms with Crippen molar-refractivity contribution < 1.29 is 4.79 Å². The second kappa shape index (κ2) is 5.68. The number of anilines is 1. The third-order valence-corrected chi connectivity index (χ3v) is 4.61. The number of nitriles is 1. The minimum atomic E-state index is -0.203. The van der Waals surface area contributed by atoms with Crippen LogP contribution in [0.3, 0.4) is 0 Å². The highest BCUT2D eigenvalue weighted by molar-refractivity contribution is 9.10. The van der Waals surface area contributed by atoms with Gasteiger partial charge in [-0.2, -0.15) is 5.26 Å². The van der Waals surface area contributed by atoms with E-state index in [4.69, 9.17) is 5.26 Å². The van der Waals surface area contributed by atoms with Crippen molar-refractivity contribution >= 4 is 48.9 Å². The highest BCUT2D eigenvalue weighted by Crippen LogP contribution is 2.27. The minimum Gasteiger partial charge on any atom is -0.320 e. The van der Waals surface area contributed by atoms with E-state index >= 15 is 0 Å². The number of amides is 1. The zero-order chi connectivity index (χ0) is 14.8. The number of fused-ring (bicyclic) bond motifs is 1. The Morgan fingerprint density at radius 3 is 2.76 bits per heavy atom. The fourth-order valence-corrected chi connectivity index (χ4v) is 3.31. The first kappa shape index (κ1) is 13.8. The van der Waals surface area contributed by atoms with Gasteiger partial charge in [0.05, 0.1) is 16.1 Å². The van der Waals surface area contributed by atoms with Crippen LogP contribution in [0.5, 0.6) is 0 Å². The topological polar surface area (TPSA) is 52.9 Å². The second-order valence-corrected chi connectivity index (χ2v) is 6.40. The largest absolute Gasteiger partial charge is 0.320 e. The van der Waals surface area contributed by atoms with Gasteiger partial charge in [-0.1, -0.05) is 34.1 Å². The molecule has 3 aromatic rings. The number of nitrogens with one attached hydrogen (secondary N) is 1. The number of benzene rings is 2. The molecule has 5 heteroatoms. The first-order valence-electron chi connectivity index (χ1n) is 6.17. The predicted octanol–water partition coefficient (Wildman–Crippen LogP) is 4.79. The molecule has 0 saturated heterocycles. The molecule has 1 amide bonds. The molecule has 3 rings (SSSR count). The molecular formula is C16H9BrN2OS. The summed E-state index contributed by atoms with van der Waals surface area (Å²) in [7, 11) is 0. The lowest BCUT2D eigenvalue weighted by Gasteiger charge is -2.06. The predicted molar refractivity (Wildman–Crippen MR) is 88.6 cm³/mol. The Bertz CT molecular complexity index is 846. The summed E-state index contributed by atoms with van der Waals surface area (Å²) in [6.07, 6.45) is 0. The van der Waals surface area contributed by atoms with Crippen LogP contribution in [0.25, 0.3) is 10.1 Å². The Hall–Kier alpha value is -2.16. The van der Waals surface area contributed by atoms with Gasteiger partial charge in [-0.3, -0.25) is 4.79 Å². The first-order chi connectivity index (χ1) is 10.2. The maximum Gasteiger partial charge on any atom is 0.265 e. The standard InChI is InChI=1S/C16H9BrN2OS/c17-12-6-5-11(9-18)13(8-12)19-16(20)15-7-10-3-1-2-4-14(10)21-15/h1-8H,(H,19,20). The molecule has 0 fully saturated rings. The van der Waals surface area contributed by atoms with Crippen LogP contribution < -0.4 is 5.32 Å². The summed E-state index contributed by atoms with van der Waals surface area (Å²) in [6.45, 7) is 0. The quantitative estimate of drug-likeness (QED) is 0.717. The van der Waals surface area contributed by atoms with E-state index < -0.39 is 0 Å². The van der Waals surface area contributed by atoms with Crippen LogP contribution in [0.1, 0.15) is 15.2 Å². The lowest BCUT2D eigenvalue weighted by molar-refractivity contribution is 0.103. The molecule has 0 radical (unpaired) electrons. The van der Waals surface area contributed by atoms with Crippen LogP contribution in [0.15, 0.2) is 53.0 Å². The monoisotopic (exact) mass is 356 g/mol. The van der Waals surface area contributed by atoms with Gasteiger partial charge in [0, 0.05) is 9.17 Å². The second-order valence-electron chi connectivity index (χ2n) is 4.40. The number of carbonyl (C=O) groups excluding carboxylic acids is 1. The summed E-state index contributed by atoms with van der Waals surface area (Å²) in [6, 6.07) is 17.0. The van der Waals surface area contributed by atoms with E-state index in [9.17, 15) is 4.79 Å². The zero-order valence-electron chi connectivity index (χ0n) is 10.8. The first-order valence-corrected chi connectivity index (χ1v) is 7.78. The number of nitrogens with zero attached hydrogens (tertiary/aromatic N) is 1. The molecule has 21 heavy (non-hydrogen) atoms. The van der Waals surface area contributed by atoms with E-state index in [1.54, 1.807) is 18.2 Å². The van der Waals surface area contributed by atoms with Crippen molar-refractivity contribution in [2.45, 2.75) is 0 Å². The molecular weight excluding hydrogens is 348 g/mol. The molecule has 0 aliphatic rings. The van der Waals surface area contributed by atoms with Crippen molar-refractivity contribution in [1.82, 2.24) is 0 Å². The van der Waals surface area contributed by atoms with E-state index in [0.29, 0.717) is 16.1 Å². The molecule has 0 saturated carbocycles. The summed E-state index contributed by atoms with van der Waals surface area (Å²) in [5, 5.41) is 12.9. The molecule has 1 aromatic heterocycles.